The van der Waals surface area contributed by atoms with Crippen LogP contribution in [0.25, 0.3) is 0 Å². The molecule has 0 saturated carbocycles. The minimum atomic E-state index is -0.356. The third kappa shape index (κ3) is 9.04. The summed E-state index contributed by atoms with van der Waals surface area (Å²) < 4.78 is 0. The van der Waals surface area contributed by atoms with E-state index in [-0.39, 0.29) is 68.5 Å². The predicted octanol–water partition coefficient (Wildman–Crippen LogP) is -4.99. The van der Waals surface area contributed by atoms with Crippen molar-refractivity contribution in [3.63, 3.8) is 0 Å². The van der Waals surface area contributed by atoms with Gasteiger partial charge in [0.1, 0.15) is 0 Å². The van der Waals surface area contributed by atoms with Gasteiger partial charge in [0.05, 0.1) is 0 Å². The van der Waals surface area contributed by atoms with Gasteiger partial charge < -0.3 is 37.2 Å². The summed E-state index contributed by atoms with van der Waals surface area (Å²) in [5.74, 6) is 0.653. The van der Waals surface area contributed by atoms with Crippen LogP contribution in [0.1, 0.15) is 68.2 Å². The summed E-state index contributed by atoms with van der Waals surface area (Å²) in [4.78, 5) is 0. The molecule has 0 atom stereocenters. The molecule has 2 aromatic carbocycles. The second kappa shape index (κ2) is 15.3. The zero-order chi connectivity index (χ0) is 16.1. The average molecular weight is 466 g/mol. The summed E-state index contributed by atoms with van der Waals surface area (Å²) >= 11 is 0. The van der Waals surface area contributed by atoms with E-state index in [0.717, 1.165) is 0 Å². The van der Waals surface area contributed by atoms with Crippen LogP contribution in [0.2, 0.25) is 0 Å². The van der Waals surface area contributed by atoms with Gasteiger partial charge in [0.2, 0.25) is 0 Å². The molecule has 5 heteroatoms. The molecule has 0 aliphatic rings. The van der Waals surface area contributed by atoms with E-state index in [1.807, 2.05) is 0 Å². The van der Waals surface area contributed by atoms with E-state index in [1.165, 1.54) is 36.8 Å². The van der Waals surface area contributed by atoms with Gasteiger partial charge in [-0.1, -0.05) is 81.0 Å². The second-order valence-corrected chi connectivity index (χ2v) is 9.01. The van der Waals surface area contributed by atoms with E-state index in [1.54, 1.807) is 21.5 Å². The van der Waals surface area contributed by atoms with Crippen molar-refractivity contribution < 1.29 is 58.9 Å². The van der Waals surface area contributed by atoms with Crippen molar-refractivity contribution in [1.82, 2.24) is 0 Å². The molecule has 0 aromatic heterocycles. The van der Waals surface area contributed by atoms with Crippen LogP contribution in [0.3, 0.4) is 0 Å². The van der Waals surface area contributed by atoms with Crippen LogP contribution < -0.4 is 47.6 Å². The van der Waals surface area contributed by atoms with Crippen LogP contribution >= 0.6 is 0 Å². The Morgan fingerprint density at radius 1 is 0.962 bits per heavy atom. The van der Waals surface area contributed by atoms with E-state index in [2.05, 4.69) is 65.0 Å². The van der Waals surface area contributed by atoms with Gasteiger partial charge in [0.15, 0.2) is 0 Å². The van der Waals surface area contributed by atoms with Crippen molar-refractivity contribution in [3.05, 3.63) is 52.6 Å². The molecular formula is C21H31Cl3SiTi. The first-order chi connectivity index (χ1) is 10.5. The molecule has 0 aliphatic heterocycles. The molecule has 0 unspecified atom stereocenters. The Bertz CT molecular complexity index is 603. The maximum Gasteiger partial charge on any atom is 4.00 e. The fourth-order valence-corrected chi connectivity index (χ4v) is 6.01. The largest absolute Gasteiger partial charge is 4.00 e. The number of unbranched alkanes of at least 4 members (excludes halogenated alkanes) is 2. The Labute approximate surface area is 196 Å². The van der Waals surface area contributed by atoms with Crippen molar-refractivity contribution >= 4 is 19.9 Å². The Kier molecular flexibility index (Phi) is 18.3. The number of benzene rings is 1. The zero-order valence-electron chi connectivity index (χ0n) is 16.6. The van der Waals surface area contributed by atoms with Gasteiger partial charge in [-0.05, 0) is 19.8 Å². The van der Waals surface area contributed by atoms with Crippen LogP contribution in [0.15, 0.2) is 30.3 Å². The molecule has 0 spiro atoms. The fraction of sp³-hybridized carbons (Fsp3) is 0.476. The van der Waals surface area contributed by atoms with Crippen molar-refractivity contribution in [3.8, 4) is 0 Å². The SMILES string of the molecule is CCCCC[c-]1ccc([SiH2]c2cc(C)cc(C)c2)c1C(C)C.[Cl-].[Cl-].[Cl-].[Ti+4]. The Morgan fingerprint density at radius 3 is 2.04 bits per heavy atom. The minimum Gasteiger partial charge on any atom is -1.00 e. The van der Waals surface area contributed by atoms with Crippen molar-refractivity contribution in [1.29, 1.82) is 0 Å². The van der Waals surface area contributed by atoms with Crippen molar-refractivity contribution in [2.24, 2.45) is 0 Å². The van der Waals surface area contributed by atoms with Crippen LogP contribution in [0.4, 0.5) is 0 Å². The number of halogens is 3. The molecule has 0 radical (unpaired) electrons. The number of aryl methyl sites for hydroxylation is 3. The maximum absolute atomic E-state index is 2.43. The molecule has 0 N–H and O–H groups in total. The van der Waals surface area contributed by atoms with Gasteiger partial charge >= 0.3 is 21.7 Å². The molecule has 0 aliphatic carbocycles. The van der Waals surface area contributed by atoms with Crippen molar-refractivity contribution in [2.75, 3.05) is 0 Å². The maximum atomic E-state index is 2.43. The molecule has 0 fully saturated rings. The monoisotopic (exact) mass is 464 g/mol. The van der Waals surface area contributed by atoms with E-state index < -0.39 is 0 Å². The summed E-state index contributed by atoms with van der Waals surface area (Å²) in [5.41, 5.74) is 6.10. The third-order valence-corrected chi connectivity index (χ3v) is 6.29. The number of hydrogen-bond acceptors (Lipinski definition) is 0. The summed E-state index contributed by atoms with van der Waals surface area (Å²) in [6.45, 7) is 11.4. The van der Waals surface area contributed by atoms with Gasteiger partial charge in [0.25, 0.3) is 0 Å². The van der Waals surface area contributed by atoms with Gasteiger partial charge in [-0.2, -0.15) is 22.4 Å². The van der Waals surface area contributed by atoms with Crippen LogP contribution in [-0.2, 0) is 28.1 Å². The molecular weight excluding hydrogens is 435 g/mol. The molecule has 0 saturated heterocycles. The van der Waals surface area contributed by atoms with E-state index in [0.29, 0.717) is 5.92 Å². The Balaban J connectivity index is -0.00000132. The Hall–Kier alpha value is 0.371. The third-order valence-electron chi connectivity index (χ3n) is 4.48. The number of rotatable bonds is 7. The molecule has 0 bridgehead atoms. The van der Waals surface area contributed by atoms with E-state index >= 15 is 0 Å². The molecule has 0 heterocycles. The minimum absolute atomic E-state index is 0. The number of hydrogen-bond donors (Lipinski definition) is 0. The van der Waals surface area contributed by atoms with Gasteiger partial charge in [-0.3, -0.25) is 0 Å². The zero-order valence-corrected chi connectivity index (χ0v) is 21.9. The molecule has 2 rings (SSSR count). The summed E-state index contributed by atoms with van der Waals surface area (Å²) in [6.07, 6.45) is 5.27. The predicted molar refractivity (Wildman–Crippen MR) is 103 cm³/mol. The average Bonchev–Trinajstić information content (AvgIpc) is 2.81. The second-order valence-electron chi connectivity index (χ2n) is 7.08. The topological polar surface area (TPSA) is 0 Å². The normalized spacial score (nSPS) is 10.1. The standard InChI is InChI=1S/C21H31Si.3ClH.Ti/c1-6-7-8-9-18-10-11-20(21(18)15(2)3)22-19-13-16(4)12-17(5)14-19;;;;/h10-15H,6-9,22H2,1-5H3;3*1H;/q-1;;;;+4/p-3. The molecule has 26 heavy (non-hydrogen) atoms. The molecule has 144 valence electrons. The van der Waals surface area contributed by atoms with Gasteiger partial charge in [0, 0.05) is 9.52 Å². The quantitative estimate of drug-likeness (QED) is 0.218. The summed E-state index contributed by atoms with van der Waals surface area (Å²) in [7, 11) is -0.356. The molecule has 2 aromatic rings. The fourth-order valence-electron chi connectivity index (χ4n) is 3.66. The first kappa shape index (κ1) is 31.1. The summed E-state index contributed by atoms with van der Waals surface area (Å²) in [6, 6.07) is 11.9. The van der Waals surface area contributed by atoms with Gasteiger partial charge in [-0.15, -0.1) is 0 Å². The first-order valence-electron chi connectivity index (χ1n) is 8.85. The summed E-state index contributed by atoms with van der Waals surface area (Å²) in [5, 5.41) is 3.26. The van der Waals surface area contributed by atoms with E-state index in [4.69, 9.17) is 0 Å². The van der Waals surface area contributed by atoms with Crippen LogP contribution in [0, 0.1) is 13.8 Å². The van der Waals surface area contributed by atoms with Crippen LogP contribution in [-0.4, -0.2) is 9.52 Å². The molecule has 0 amide bonds. The van der Waals surface area contributed by atoms with Crippen LogP contribution in [0.5, 0.6) is 0 Å². The van der Waals surface area contributed by atoms with Crippen molar-refractivity contribution in [2.45, 2.75) is 66.2 Å². The van der Waals surface area contributed by atoms with Gasteiger partial charge in [-0.25, -0.2) is 6.07 Å². The van der Waals surface area contributed by atoms with E-state index in [9.17, 15) is 0 Å². The smallest absolute Gasteiger partial charge is 1.00 e. The first-order valence-corrected chi connectivity index (χ1v) is 10.3. The molecule has 0 nitrogen and oxygen atoms in total. The Morgan fingerprint density at radius 2 is 1.54 bits per heavy atom.